The van der Waals surface area contributed by atoms with Crippen molar-refractivity contribution in [3.63, 3.8) is 0 Å². The van der Waals surface area contributed by atoms with E-state index in [1.54, 1.807) is 0 Å². The molecule has 0 radical (unpaired) electrons. The van der Waals surface area contributed by atoms with Gasteiger partial charge in [0, 0.05) is 19.3 Å². The van der Waals surface area contributed by atoms with Gasteiger partial charge in [-0.25, -0.2) is 4.57 Å². The molecule has 0 saturated heterocycles. The standard InChI is InChI=1S/C58H99O11P/c1-4-7-10-13-16-19-22-25-27-30-32-35-38-41-44-47-56(60)65-51-55(69-58(62)49-46-43-40-37-34-31-28-26-23-20-17-14-11-8-5-2)53-67-70(63,64)66-52-54(50-59)68-57(61)48-45-42-39-36-33-29-24-21-18-15-12-9-6-3/h7,9-10,12,16,18-19,21,25,27,29,33,39,42,54-55,59H,4-6,8,11,13-15,17,20,22-24,26,28,30-32,34-38,40-41,43-53H2,1-3H3,(H,63,64)/b10-7-,12-9-,19-16-,21-18-,27-25-,33-29-,42-39-. The maximum Gasteiger partial charge on any atom is 0.472 e. The Morgan fingerprint density at radius 2 is 0.771 bits per heavy atom. The van der Waals surface area contributed by atoms with Crippen LogP contribution in [0.4, 0.5) is 0 Å². The van der Waals surface area contributed by atoms with Gasteiger partial charge in [0.25, 0.3) is 0 Å². The van der Waals surface area contributed by atoms with Crippen molar-refractivity contribution in [2.45, 2.75) is 238 Å². The van der Waals surface area contributed by atoms with Gasteiger partial charge in [0.15, 0.2) is 6.10 Å². The quantitative estimate of drug-likeness (QED) is 0.0197. The zero-order valence-electron chi connectivity index (χ0n) is 44.2. The van der Waals surface area contributed by atoms with Gasteiger partial charge in [0.2, 0.25) is 0 Å². The van der Waals surface area contributed by atoms with E-state index in [4.69, 9.17) is 23.3 Å². The van der Waals surface area contributed by atoms with Crippen LogP contribution in [-0.4, -0.2) is 66.5 Å². The molecule has 0 aliphatic carbocycles. The fourth-order valence-corrected chi connectivity index (χ4v) is 7.99. The first-order valence-electron chi connectivity index (χ1n) is 27.5. The highest BCUT2D eigenvalue weighted by Crippen LogP contribution is 2.43. The van der Waals surface area contributed by atoms with Crippen molar-refractivity contribution in [3.8, 4) is 0 Å². The summed E-state index contributed by atoms with van der Waals surface area (Å²) in [5.41, 5.74) is 0. The molecular formula is C58H99O11P. The normalized spacial score (nSPS) is 14.1. The summed E-state index contributed by atoms with van der Waals surface area (Å²) in [6.45, 7) is 4.31. The maximum absolute atomic E-state index is 12.9. The molecular weight excluding hydrogens is 904 g/mol. The van der Waals surface area contributed by atoms with Crippen LogP contribution in [0.1, 0.15) is 226 Å². The Kier molecular flexibility index (Phi) is 49.5. The largest absolute Gasteiger partial charge is 0.472 e. The Balaban J connectivity index is 4.81. The number of aliphatic hydroxyl groups excluding tert-OH is 1. The smallest absolute Gasteiger partial charge is 0.462 e. The third-order valence-corrected chi connectivity index (χ3v) is 12.3. The van der Waals surface area contributed by atoms with Gasteiger partial charge in [0.1, 0.15) is 12.7 Å². The highest BCUT2D eigenvalue weighted by atomic mass is 31.2. The van der Waals surface area contributed by atoms with E-state index in [-0.39, 0.29) is 25.9 Å². The fourth-order valence-electron chi connectivity index (χ4n) is 7.21. The summed E-state index contributed by atoms with van der Waals surface area (Å²) in [4.78, 5) is 48.4. The molecule has 0 saturated carbocycles. The van der Waals surface area contributed by atoms with Crippen LogP contribution in [0.3, 0.4) is 0 Å². The monoisotopic (exact) mass is 1000 g/mol. The lowest BCUT2D eigenvalue weighted by atomic mass is 10.0. The van der Waals surface area contributed by atoms with Crippen LogP contribution in [0.5, 0.6) is 0 Å². The Bertz CT molecular complexity index is 1500. The number of rotatable bonds is 50. The van der Waals surface area contributed by atoms with Gasteiger partial charge in [-0.2, -0.15) is 0 Å². The predicted octanol–water partition coefficient (Wildman–Crippen LogP) is 15.9. The highest BCUT2D eigenvalue weighted by Gasteiger charge is 2.28. The number of phosphoric ester groups is 1. The fraction of sp³-hybridized carbons (Fsp3) is 0.707. The first kappa shape index (κ1) is 66.7. The van der Waals surface area contributed by atoms with Crippen LogP contribution in [0, 0.1) is 0 Å². The van der Waals surface area contributed by atoms with Crippen molar-refractivity contribution in [3.05, 3.63) is 85.1 Å². The molecule has 3 atom stereocenters. The Morgan fingerprint density at radius 1 is 0.414 bits per heavy atom. The van der Waals surface area contributed by atoms with Crippen molar-refractivity contribution in [2.24, 2.45) is 0 Å². The zero-order valence-corrected chi connectivity index (χ0v) is 45.1. The van der Waals surface area contributed by atoms with Crippen LogP contribution >= 0.6 is 7.82 Å². The SMILES string of the molecule is CC/C=C\C/C=C\C/C=C\C/C=C\CCC(=O)OC(CO)COP(=O)(O)OCC(COC(=O)CCCCCCC/C=C\C/C=C\C/C=C\CC)OC(=O)CCCCCCCCCCCCCCCCC. The molecule has 0 amide bonds. The highest BCUT2D eigenvalue weighted by molar-refractivity contribution is 7.47. The topological polar surface area (TPSA) is 155 Å². The lowest BCUT2D eigenvalue weighted by Gasteiger charge is -2.21. The Labute approximate surface area is 426 Å². The Morgan fingerprint density at radius 3 is 1.23 bits per heavy atom. The number of phosphoric acid groups is 1. The molecule has 0 heterocycles. The molecule has 2 N–H and O–H groups in total. The molecule has 0 aromatic rings. The number of ether oxygens (including phenoxy) is 3. The van der Waals surface area contributed by atoms with Gasteiger partial charge < -0.3 is 24.2 Å². The number of allylic oxidation sites excluding steroid dienone is 14. The van der Waals surface area contributed by atoms with Crippen LogP contribution < -0.4 is 0 Å². The number of aliphatic hydroxyl groups is 1. The Hall–Kier alpha value is -3.34. The first-order chi connectivity index (χ1) is 34.2. The molecule has 11 nitrogen and oxygen atoms in total. The molecule has 0 rings (SSSR count). The molecule has 0 bridgehead atoms. The van der Waals surface area contributed by atoms with Crippen molar-refractivity contribution in [2.75, 3.05) is 26.4 Å². The first-order valence-corrected chi connectivity index (χ1v) is 29.0. The third-order valence-electron chi connectivity index (χ3n) is 11.3. The molecule has 12 heteroatoms. The minimum Gasteiger partial charge on any atom is -0.462 e. The van der Waals surface area contributed by atoms with E-state index in [1.165, 1.54) is 70.6 Å². The van der Waals surface area contributed by atoms with Crippen LogP contribution in [0.15, 0.2) is 85.1 Å². The summed E-state index contributed by atoms with van der Waals surface area (Å²) in [5, 5.41) is 9.77. The molecule has 402 valence electrons. The van der Waals surface area contributed by atoms with Crippen LogP contribution in [-0.2, 0) is 42.2 Å². The molecule has 3 unspecified atom stereocenters. The second-order valence-corrected chi connectivity index (χ2v) is 19.4. The average Bonchev–Trinajstić information content (AvgIpc) is 3.35. The van der Waals surface area contributed by atoms with Gasteiger partial charge in [-0.05, 0) is 77.0 Å². The molecule has 0 spiro atoms. The summed E-state index contributed by atoms with van der Waals surface area (Å²) < 4.78 is 39.3. The lowest BCUT2D eigenvalue weighted by Crippen LogP contribution is -2.30. The van der Waals surface area contributed by atoms with E-state index < -0.39 is 57.8 Å². The molecule has 0 aromatic heterocycles. The molecule has 70 heavy (non-hydrogen) atoms. The van der Waals surface area contributed by atoms with Crippen molar-refractivity contribution in [1.82, 2.24) is 0 Å². The van der Waals surface area contributed by atoms with Crippen molar-refractivity contribution >= 4 is 25.7 Å². The van der Waals surface area contributed by atoms with E-state index in [1.807, 2.05) is 12.2 Å². The second kappa shape index (κ2) is 52.0. The minimum absolute atomic E-state index is 0.0530. The summed E-state index contributed by atoms with van der Waals surface area (Å²) >= 11 is 0. The average molecular weight is 1000 g/mol. The van der Waals surface area contributed by atoms with E-state index in [0.717, 1.165) is 96.3 Å². The number of hydrogen-bond donors (Lipinski definition) is 2. The van der Waals surface area contributed by atoms with E-state index in [9.17, 15) is 28.9 Å². The number of esters is 3. The summed E-state index contributed by atoms with van der Waals surface area (Å²) in [7, 11) is -4.77. The van der Waals surface area contributed by atoms with E-state index in [0.29, 0.717) is 19.3 Å². The number of carbonyl (C=O) groups is 3. The molecule has 0 fully saturated rings. The molecule has 0 aliphatic heterocycles. The molecule has 0 aliphatic rings. The van der Waals surface area contributed by atoms with Crippen LogP contribution in [0.25, 0.3) is 0 Å². The molecule has 0 aromatic carbocycles. The van der Waals surface area contributed by atoms with Gasteiger partial charge in [0.05, 0.1) is 19.8 Å². The number of carbonyl (C=O) groups excluding carboxylic acids is 3. The zero-order chi connectivity index (χ0) is 51.3. The summed E-state index contributed by atoms with van der Waals surface area (Å²) in [6.07, 6.45) is 58.5. The maximum atomic E-state index is 12.9. The van der Waals surface area contributed by atoms with Gasteiger partial charge in [-0.1, -0.05) is 215 Å². The second-order valence-electron chi connectivity index (χ2n) is 18.0. The van der Waals surface area contributed by atoms with Gasteiger partial charge >= 0.3 is 25.7 Å². The lowest BCUT2D eigenvalue weighted by molar-refractivity contribution is -0.161. The number of hydrogen-bond acceptors (Lipinski definition) is 10. The minimum atomic E-state index is -4.77. The van der Waals surface area contributed by atoms with E-state index in [2.05, 4.69) is 93.7 Å². The third kappa shape index (κ3) is 49.6. The van der Waals surface area contributed by atoms with Crippen LogP contribution in [0.2, 0.25) is 0 Å². The predicted molar refractivity (Wildman–Crippen MR) is 288 cm³/mol. The van der Waals surface area contributed by atoms with Crippen molar-refractivity contribution in [1.29, 1.82) is 0 Å². The number of unbranched alkanes of at least 4 members (excludes halogenated alkanes) is 19. The van der Waals surface area contributed by atoms with Gasteiger partial charge in [-0.15, -0.1) is 0 Å². The van der Waals surface area contributed by atoms with Gasteiger partial charge in [-0.3, -0.25) is 23.4 Å². The summed E-state index contributed by atoms with van der Waals surface area (Å²) in [5.74, 6) is -1.57. The summed E-state index contributed by atoms with van der Waals surface area (Å²) in [6, 6.07) is 0. The van der Waals surface area contributed by atoms with E-state index >= 15 is 0 Å². The van der Waals surface area contributed by atoms with Crippen molar-refractivity contribution < 1.29 is 52.2 Å².